The van der Waals surface area contributed by atoms with Gasteiger partial charge >= 0.3 is 0 Å². The van der Waals surface area contributed by atoms with Crippen molar-refractivity contribution in [3.8, 4) is 0 Å². The number of thiophene rings is 1. The summed E-state index contributed by atoms with van der Waals surface area (Å²) in [6, 6.07) is 1.81. The molecule has 0 unspecified atom stereocenters. The number of hydrogen-bond donors (Lipinski definition) is 1. The topological polar surface area (TPSA) is 46.9 Å². The zero-order valence-electron chi connectivity index (χ0n) is 10.8. The first kappa shape index (κ1) is 14.7. The number of hydrogen-bond acceptors (Lipinski definition) is 3. The quantitative estimate of drug-likeness (QED) is 0.846. The molecule has 0 aliphatic rings. The van der Waals surface area contributed by atoms with Crippen molar-refractivity contribution in [2.24, 2.45) is 7.05 Å². The predicted octanol–water partition coefficient (Wildman–Crippen LogP) is 3.55. The third-order valence-electron chi connectivity index (χ3n) is 2.99. The van der Waals surface area contributed by atoms with Crippen LogP contribution in [0.2, 0.25) is 0 Å². The Morgan fingerprint density at radius 3 is 2.63 bits per heavy atom. The molecule has 0 fully saturated rings. The van der Waals surface area contributed by atoms with Gasteiger partial charge in [0.15, 0.2) is 0 Å². The van der Waals surface area contributed by atoms with Crippen LogP contribution in [0.15, 0.2) is 13.6 Å². The second-order valence-corrected chi connectivity index (χ2v) is 7.94. The Hall–Kier alpha value is -0.660. The summed E-state index contributed by atoms with van der Waals surface area (Å²) >= 11 is 8.24. The summed E-state index contributed by atoms with van der Waals surface area (Å²) in [5.41, 5.74) is 3.74. The second kappa shape index (κ2) is 5.76. The van der Waals surface area contributed by atoms with E-state index in [9.17, 15) is 4.79 Å². The number of amides is 1. The molecule has 1 amide bonds. The fourth-order valence-corrected chi connectivity index (χ4v) is 4.63. The predicted molar refractivity (Wildman–Crippen MR) is 83.6 cm³/mol. The first-order chi connectivity index (χ1) is 8.90. The molecule has 19 heavy (non-hydrogen) atoms. The van der Waals surface area contributed by atoms with Crippen LogP contribution < -0.4 is 5.32 Å². The summed E-state index contributed by atoms with van der Waals surface area (Å²) in [5.74, 6) is -0.0866. The Kier molecular flexibility index (Phi) is 4.47. The third kappa shape index (κ3) is 3.09. The molecular formula is C12H13Br2N3OS. The molecule has 0 atom stereocenters. The van der Waals surface area contributed by atoms with Crippen LogP contribution in [0.5, 0.6) is 0 Å². The minimum Gasteiger partial charge on any atom is -0.348 e. The fourth-order valence-electron chi connectivity index (χ4n) is 1.83. The molecule has 0 bridgehead atoms. The van der Waals surface area contributed by atoms with Gasteiger partial charge in [-0.05, 0) is 51.8 Å². The van der Waals surface area contributed by atoms with E-state index in [0.29, 0.717) is 12.1 Å². The number of aryl methyl sites for hydroxylation is 2. The number of aromatic nitrogens is 2. The SMILES string of the molecule is Cc1nn(C)c(C)c1CNC(=O)c1cc(Br)sc1Br. The Bertz CT molecular complexity index is 633. The average Bonchev–Trinajstić information content (AvgIpc) is 2.78. The highest BCUT2D eigenvalue weighted by atomic mass is 79.9. The molecule has 0 saturated carbocycles. The molecular weight excluding hydrogens is 394 g/mol. The van der Waals surface area contributed by atoms with Gasteiger partial charge in [-0.25, -0.2) is 0 Å². The average molecular weight is 407 g/mol. The van der Waals surface area contributed by atoms with E-state index >= 15 is 0 Å². The molecule has 0 aromatic carbocycles. The van der Waals surface area contributed by atoms with Crippen molar-refractivity contribution in [3.63, 3.8) is 0 Å². The molecule has 7 heteroatoms. The number of nitrogens with zero attached hydrogens (tertiary/aromatic N) is 2. The third-order valence-corrected chi connectivity index (χ3v) is 5.33. The molecule has 0 radical (unpaired) electrons. The lowest BCUT2D eigenvalue weighted by Gasteiger charge is -2.05. The van der Waals surface area contributed by atoms with Gasteiger partial charge in [0.05, 0.1) is 18.8 Å². The number of carbonyl (C=O) groups excluding carboxylic acids is 1. The largest absolute Gasteiger partial charge is 0.348 e. The molecule has 2 rings (SSSR count). The standard InChI is InChI=1S/C12H13Br2N3OS/c1-6-9(7(2)17(3)16-6)5-15-12(18)8-4-10(13)19-11(8)14/h4H,5H2,1-3H3,(H,15,18). The van der Waals surface area contributed by atoms with Crippen LogP contribution in [0, 0.1) is 13.8 Å². The van der Waals surface area contributed by atoms with Crippen LogP contribution in [-0.2, 0) is 13.6 Å². The lowest BCUT2D eigenvalue weighted by atomic mass is 10.2. The zero-order valence-corrected chi connectivity index (χ0v) is 14.7. The lowest BCUT2D eigenvalue weighted by Crippen LogP contribution is -2.23. The van der Waals surface area contributed by atoms with Gasteiger partial charge in [0.2, 0.25) is 0 Å². The first-order valence-corrected chi connectivity index (χ1v) is 8.02. The van der Waals surface area contributed by atoms with Gasteiger partial charge in [-0.2, -0.15) is 5.10 Å². The molecule has 0 aliphatic carbocycles. The van der Waals surface area contributed by atoms with Crippen molar-refractivity contribution in [2.75, 3.05) is 0 Å². The number of nitrogens with one attached hydrogen (secondary N) is 1. The van der Waals surface area contributed by atoms with Crippen molar-refractivity contribution < 1.29 is 4.79 Å². The van der Waals surface area contributed by atoms with Crippen LogP contribution in [0.3, 0.4) is 0 Å². The monoisotopic (exact) mass is 405 g/mol. The van der Waals surface area contributed by atoms with E-state index in [1.165, 1.54) is 11.3 Å². The van der Waals surface area contributed by atoms with Gasteiger partial charge < -0.3 is 5.32 Å². The molecule has 0 aliphatic heterocycles. The smallest absolute Gasteiger partial charge is 0.253 e. The van der Waals surface area contributed by atoms with E-state index in [4.69, 9.17) is 0 Å². The van der Waals surface area contributed by atoms with E-state index in [1.54, 1.807) is 0 Å². The van der Waals surface area contributed by atoms with Gasteiger partial charge in [-0.3, -0.25) is 9.48 Å². The summed E-state index contributed by atoms with van der Waals surface area (Å²) in [5, 5.41) is 7.26. The van der Waals surface area contributed by atoms with Crippen molar-refractivity contribution in [1.29, 1.82) is 0 Å². The Labute approximate surface area is 132 Å². The molecule has 0 saturated heterocycles. The molecule has 2 aromatic heterocycles. The van der Waals surface area contributed by atoms with Gasteiger partial charge in [0, 0.05) is 24.8 Å². The molecule has 4 nitrogen and oxygen atoms in total. The summed E-state index contributed by atoms with van der Waals surface area (Å²) in [6.07, 6.45) is 0. The van der Waals surface area contributed by atoms with Gasteiger partial charge in [0.1, 0.15) is 0 Å². The zero-order chi connectivity index (χ0) is 14.2. The minimum atomic E-state index is -0.0866. The maximum Gasteiger partial charge on any atom is 0.253 e. The number of halogens is 2. The van der Waals surface area contributed by atoms with Crippen LogP contribution >= 0.6 is 43.2 Å². The van der Waals surface area contributed by atoms with Crippen LogP contribution in [0.25, 0.3) is 0 Å². The Morgan fingerprint density at radius 1 is 1.47 bits per heavy atom. The van der Waals surface area contributed by atoms with E-state index in [2.05, 4.69) is 42.3 Å². The van der Waals surface area contributed by atoms with Crippen molar-refractivity contribution >= 4 is 49.1 Å². The highest BCUT2D eigenvalue weighted by Crippen LogP contribution is 2.31. The minimum absolute atomic E-state index is 0.0866. The summed E-state index contributed by atoms with van der Waals surface area (Å²) in [4.78, 5) is 12.1. The maximum atomic E-state index is 12.1. The van der Waals surface area contributed by atoms with Crippen molar-refractivity contribution in [1.82, 2.24) is 15.1 Å². The highest BCUT2D eigenvalue weighted by molar-refractivity contribution is 9.12. The van der Waals surface area contributed by atoms with Crippen LogP contribution in [0.4, 0.5) is 0 Å². The Balaban J connectivity index is 2.11. The van der Waals surface area contributed by atoms with Crippen LogP contribution in [0.1, 0.15) is 27.3 Å². The second-order valence-electron chi connectivity index (χ2n) is 4.19. The Morgan fingerprint density at radius 2 is 2.16 bits per heavy atom. The molecule has 2 aromatic rings. The normalized spacial score (nSPS) is 10.8. The van der Waals surface area contributed by atoms with E-state index in [1.807, 2.05) is 31.6 Å². The first-order valence-electron chi connectivity index (χ1n) is 5.62. The van der Waals surface area contributed by atoms with E-state index < -0.39 is 0 Å². The lowest BCUT2D eigenvalue weighted by molar-refractivity contribution is 0.0950. The van der Waals surface area contributed by atoms with E-state index in [0.717, 1.165) is 24.5 Å². The highest BCUT2D eigenvalue weighted by Gasteiger charge is 2.15. The summed E-state index contributed by atoms with van der Waals surface area (Å²) in [6.45, 7) is 4.44. The number of rotatable bonds is 3. The molecule has 1 N–H and O–H groups in total. The maximum absolute atomic E-state index is 12.1. The van der Waals surface area contributed by atoms with Crippen molar-refractivity contribution in [2.45, 2.75) is 20.4 Å². The molecule has 102 valence electrons. The van der Waals surface area contributed by atoms with E-state index in [-0.39, 0.29) is 5.91 Å². The van der Waals surface area contributed by atoms with Crippen LogP contribution in [-0.4, -0.2) is 15.7 Å². The summed E-state index contributed by atoms with van der Waals surface area (Å²) < 4.78 is 3.59. The summed E-state index contributed by atoms with van der Waals surface area (Å²) in [7, 11) is 1.90. The fraction of sp³-hybridized carbons (Fsp3) is 0.333. The van der Waals surface area contributed by atoms with Gasteiger partial charge in [0.25, 0.3) is 5.91 Å². The van der Waals surface area contributed by atoms with Gasteiger partial charge in [-0.1, -0.05) is 0 Å². The van der Waals surface area contributed by atoms with Crippen molar-refractivity contribution in [3.05, 3.63) is 36.2 Å². The van der Waals surface area contributed by atoms with Gasteiger partial charge in [-0.15, -0.1) is 11.3 Å². The molecule has 2 heterocycles. The number of carbonyl (C=O) groups is 1. The molecule has 0 spiro atoms.